The molecule has 1 atom stereocenters. The number of piperidine rings is 1. The SMILES string of the molecule is CCC1CN(C(=O)Cc2c(F)cccc2F)CC/C1=N\O. The van der Waals surface area contributed by atoms with Crippen LogP contribution >= 0.6 is 0 Å². The molecule has 6 heteroatoms. The summed E-state index contributed by atoms with van der Waals surface area (Å²) in [6, 6.07) is 3.57. The van der Waals surface area contributed by atoms with Gasteiger partial charge in [-0.3, -0.25) is 4.79 Å². The molecule has 1 amide bonds. The van der Waals surface area contributed by atoms with Gasteiger partial charge in [0.1, 0.15) is 11.6 Å². The standard InChI is InChI=1S/C15H18F2N2O2/c1-2-10-9-19(7-6-14(10)18-21)15(20)8-11-12(16)4-3-5-13(11)17/h3-5,10,21H,2,6-9H2,1H3/b18-14+. The van der Waals surface area contributed by atoms with Gasteiger partial charge >= 0.3 is 0 Å². The van der Waals surface area contributed by atoms with Gasteiger partial charge in [0.2, 0.25) is 5.91 Å². The Morgan fingerprint density at radius 1 is 1.43 bits per heavy atom. The molecule has 114 valence electrons. The van der Waals surface area contributed by atoms with Gasteiger partial charge in [0, 0.05) is 31.0 Å². The first-order valence-corrected chi connectivity index (χ1v) is 6.98. The van der Waals surface area contributed by atoms with Crippen molar-refractivity contribution in [1.82, 2.24) is 4.90 Å². The molecular formula is C15H18F2N2O2. The quantitative estimate of drug-likeness (QED) is 0.688. The monoisotopic (exact) mass is 296 g/mol. The van der Waals surface area contributed by atoms with Gasteiger partial charge in [-0.05, 0) is 18.6 Å². The molecule has 0 saturated carbocycles. The van der Waals surface area contributed by atoms with Crippen molar-refractivity contribution in [2.75, 3.05) is 13.1 Å². The van der Waals surface area contributed by atoms with Crippen LogP contribution in [0.4, 0.5) is 8.78 Å². The van der Waals surface area contributed by atoms with Crippen LogP contribution in [0.25, 0.3) is 0 Å². The van der Waals surface area contributed by atoms with Crippen molar-refractivity contribution in [3.63, 3.8) is 0 Å². The molecule has 1 aliphatic heterocycles. The van der Waals surface area contributed by atoms with Crippen LogP contribution in [0.5, 0.6) is 0 Å². The van der Waals surface area contributed by atoms with E-state index in [1.54, 1.807) is 4.90 Å². The second-order valence-corrected chi connectivity index (χ2v) is 5.16. The molecule has 1 aromatic rings. The van der Waals surface area contributed by atoms with Gasteiger partial charge in [-0.15, -0.1) is 0 Å². The number of carbonyl (C=O) groups is 1. The average molecular weight is 296 g/mol. The molecule has 1 aromatic carbocycles. The number of benzene rings is 1. The minimum Gasteiger partial charge on any atom is -0.411 e. The second kappa shape index (κ2) is 6.65. The Kier molecular flexibility index (Phi) is 4.88. The third-order valence-electron chi connectivity index (χ3n) is 3.91. The fourth-order valence-electron chi connectivity index (χ4n) is 2.60. The highest BCUT2D eigenvalue weighted by atomic mass is 19.1. The molecule has 4 nitrogen and oxygen atoms in total. The predicted molar refractivity (Wildman–Crippen MR) is 74.3 cm³/mol. The van der Waals surface area contributed by atoms with Crippen molar-refractivity contribution >= 4 is 11.6 Å². The van der Waals surface area contributed by atoms with Crippen LogP contribution in [-0.2, 0) is 11.2 Å². The van der Waals surface area contributed by atoms with Gasteiger partial charge in [0.15, 0.2) is 0 Å². The summed E-state index contributed by atoms with van der Waals surface area (Å²) in [4.78, 5) is 13.8. The van der Waals surface area contributed by atoms with E-state index in [1.807, 2.05) is 6.92 Å². The maximum atomic E-state index is 13.6. The Hall–Kier alpha value is -1.98. The first-order chi connectivity index (χ1) is 10.1. The molecule has 1 heterocycles. The number of rotatable bonds is 3. The van der Waals surface area contributed by atoms with E-state index in [4.69, 9.17) is 5.21 Å². The molecule has 0 aromatic heterocycles. The normalized spacial score (nSPS) is 20.8. The highest BCUT2D eigenvalue weighted by Gasteiger charge is 2.28. The number of halogens is 2. The smallest absolute Gasteiger partial charge is 0.227 e. The van der Waals surface area contributed by atoms with Crippen LogP contribution in [-0.4, -0.2) is 34.8 Å². The van der Waals surface area contributed by atoms with Crippen molar-refractivity contribution < 1.29 is 18.8 Å². The molecule has 1 aliphatic rings. The van der Waals surface area contributed by atoms with Crippen molar-refractivity contribution in [3.8, 4) is 0 Å². The molecule has 1 saturated heterocycles. The third kappa shape index (κ3) is 3.37. The molecule has 21 heavy (non-hydrogen) atoms. The number of likely N-dealkylation sites (tertiary alicyclic amines) is 1. The molecule has 0 radical (unpaired) electrons. The van der Waals surface area contributed by atoms with Crippen LogP contribution < -0.4 is 0 Å². The average Bonchev–Trinajstić information content (AvgIpc) is 2.50. The number of carbonyl (C=O) groups excluding carboxylic acids is 1. The third-order valence-corrected chi connectivity index (χ3v) is 3.91. The highest BCUT2D eigenvalue weighted by Crippen LogP contribution is 2.20. The molecular weight excluding hydrogens is 278 g/mol. The largest absolute Gasteiger partial charge is 0.411 e. The van der Waals surface area contributed by atoms with Crippen LogP contribution in [0.2, 0.25) is 0 Å². The van der Waals surface area contributed by atoms with E-state index >= 15 is 0 Å². The topological polar surface area (TPSA) is 52.9 Å². The van der Waals surface area contributed by atoms with Crippen molar-refractivity contribution in [1.29, 1.82) is 0 Å². The van der Waals surface area contributed by atoms with Crippen molar-refractivity contribution in [2.45, 2.75) is 26.2 Å². The summed E-state index contributed by atoms with van der Waals surface area (Å²) in [5.74, 6) is -1.72. The van der Waals surface area contributed by atoms with Crippen LogP contribution in [0.3, 0.4) is 0 Å². The Morgan fingerprint density at radius 2 is 2.10 bits per heavy atom. The van der Waals surface area contributed by atoms with E-state index in [-0.39, 0.29) is 23.8 Å². The lowest BCUT2D eigenvalue weighted by Crippen LogP contribution is -2.44. The van der Waals surface area contributed by atoms with Gasteiger partial charge in [-0.25, -0.2) is 8.78 Å². The summed E-state index contributed by atoms with van der Waals surface area (Å²) in [5, 5.41) is 12.2. The molecule has 1 fully saturated rings. The van der Waals surface area contributed by atoms with E-state index in [2.05, 4.69) is 5.16 Å². The molecule has 2 rings (SSSR count). The summed E-state index contributed by atoms with van der Waals surface area (Å²) >= 11 is 0. The van der Waals surface area contributed by atoms with E-state index in [0.717, 1.165) is 18.6 Å². The van der Waals surface area contributed by atoms with Crippen molar-refractivity contribution in [3.05, 3.63) is 35.4 Å². The minimum absolute atomic E-state index is 0.00170. The predicted octanol–water partition coefficient (Wildman–Crippen LogP) is 2.60. The Labute approximate surface area is 122 Å². The molecule has 0 bridgehead atoms. The Balaban J connectivity index is 2.08. The number of nitrogens with zero attached hydrogens (tertiary/aromatic N) is 2. The maximum absolute atomic E-state index is 13.6. The lowest BCUT2D eigenvalue weighted by Gasteiger charge is -2.33. The highest BCUT2D eigenvalue weighted by molar-refractivity contribution is 5.89. The summed E-state index contributed by atoms with van der Waals surface area (Å²) in [5.41, 5.74) is 0.482. The molecule has 1 unspecified atom stereocenters. The zero-order valence-corrected chi connectivity index (χ0v) is 11.9. The van der Waals surface area contributed by atoms with Gasteiger partial charge in [0.05, 0.1) is 12.1 Å². The number of amides is 1. The van der Waals surface area contributed by atoms with Gasteiger partial charge in [-0.1, -0.05) is 18.1 Å². The zero-order valence-electron chi connectivity index (χ0n) is 11.9. The number of hydrogen-bond donors (Lipinski definition) is 1. The fourth-order valence-corrected chi connectivity index (χ4v) is 2.60. The summed E-state index contributed by atoms with van der Waals surface area (Å²) in [6.45, 7) is 2.77. The first kappa shape index (κ1) is 15.4. The van der Waals surface area contributed by atoms with Crippen LogP contribution in [0.15, 0.2) is 23.4 Å². The van der Waals surface area contributed by atoms with Gasteiger partial charge in [-0.2, -0.15) is 0 Å². The summed E-state index contributed by atoms with van der Waals surface area (Å²) in [6.07, 6.45) is 0.943. The van der Waals surface area contributed by atoms with Crippen LogP contribution in [0, 0.1) is 17.6 Å². The lowest BCUT2D eigenvalue weighted by molar-refractivity contribution is -0.131. The molecule has 1 N–H and O–H groups in total. The van der Waals surface area contributed by atoms with Crippen LogP contribution in [0.1, 0.15) is 25.3 Å². The van der Waals surface area contributed by atoms with Gasteiger partial charge < -0.3 is 10.1 Å². The zero-order chi connectivity index (χ0) is 15.4. The first-order valence-electron chi connectivity index (χ1n) is 6.98. The van der Waals surface area contributed by atoms with E-state index < -0.39 is 11.6 Å². The van der Waals surface area contributed by atoms with E-state index in [9.17, 15) is 13.6 Å². The Morgan fingerprint density at radius 3 is 2.67 bits per heavy atom. The van der Waals surface area contributed by atoms with Gasteiger partial charge in [0.25, 0.3) is 0 Å². The molecule has 0 aliphatic carbocycles. The maximum Gasteiger partial charge on any atom is 0.227 e. The second-order valence-electron chi connectivity index (χ2n) is 5.16. The lowest BCUT2D eigenvalue weighted by atomic mass is 9.93. The van der Waals surface area contributed by atoms with Crippen molar-refractivity contribution in [2.24, 2.45) is 11.1 Å². The number of hydrogen-bond acceptors (Lipinski definition) is 3. The summed E-state index contributed by atoms with van der Waals surface area (Å²) < 4.78 is 27.1. The number of oxime groups is 1. The Bertz CT molecular complexity index is 540. The van der Waals surface area contributed by atoms with E-state index in [1.165, 1.54) is 6.07 Å². The summed E-state index contributed by atoms with van der Waals surface area (Å²) in [7, 11) is 0. The molecule has 0 spiro atoms. The minimum atomic E-state index is -0.704. The van der Waals surface area contributed by atoms with E-state index in [0.29, 0.717) is 25.2 Å². The fraction of sp³-hybridized carbons (Fsp3) is 0.467.